The minimum Gasteiger partial charge on any atom is -0.462 e. The van der Waals surface area contributed by atoms with Crippen molar-refractivity contribution >= 4 is 28.6 Å². The van der Waals surface area contributed by atoms with Gasteiger partial charge in [-0.3, -0.25) is 0 Å². The van der Waals surface area contributed by atoms with Gasteiger partial charge in [-0.15, -0.1) is 0 Å². The highest BCUT2D eigenvalue weighted by molar-refractivity contribution is 14.1. The topological polar surface area (TPSA) is 26.3 Å². The third kappa shape index (κ3) is 19.2. The highest BCUT2D eigenvalue weighted by Gasteiger charge is 2.03. The summed E-state index contributed by atoms with van der Waals surface area (Å²) in [5.41, 5.74) is 0. The van der Waals surface area contributed by atoms with E-state index in [9.17, 15) is 4.79 Å². The quantitative estimate of drug-likeness (QED) is 0.0783. The van der Waals surface area contributed by atoms with E-state index in [2.05, 4.69) is 25.2 Å². The minimum absolute atomic E-state index is 0.281. The van der Waals surface area contributed by atoms with E-state index in [1.807, 2.05) is 65.1 Å². The molecular formula is C24H35IO2. The van der Waals surface area contributed by atoms with Crippen molar-refractivity contribution in [3.63, 3.8) is 0 Å². The Hall–Kier alpha value is -1.36. The molecular weight excluding hydrogens is 447 g/mol. The molecule has 0 aliphatic carbocycles. The van der Waals surface area contributed by atoms with Crippen LogP contribution >= 0.6 is 22.6 Å². The van der Waals surface area contributed by atoms with Crippen LogP contribution in [0.5, 0.6) is 0 Å². The third-order valence-electron chi connectivity index (χ3n) is 3.71. The highest BCUT2D eigenvalue weighted by Crippen LogP contribution is 2.09. The fourth-order valence-corrected chi connectivity index (χ4v) is 2.61. The Bertz CT molecular complexity index is 537. The zero-order valence-electron chi connectivity index (χ0n) is 16.9. The van der Waals surface area contributed by atoms with Gasteiger partial charge in [0.15, 0.2) is 0 Å². The molecule has 0 N–H and O–H groups in total. The van der Waals surface area contributed by atoms with E-state index in [0.717, 1.165) is 0 Å². The van der Waals surface area contributed by atoms with Gasteiger partial charge in [0.05, 0.1) is 10.2 Å². The smallest absolute Gasteiger partial charge is 0.344 e. The average molecular weight is 482 g/mol. The van der Waals surface area contributed by atoms with Gasteiger partial charge < -0.3 is 4.74 Å². The van der Waals surface area contributed by atoms with Crippen LogP contribution in [0.2, 0.25) is 0 Å². The van der Waals surface area contributed by atoms with E-state index in [1.54, 1.807) is 13.0 Å². The van der Waals surface area contributed by atoms with Crippen LogP contribution in [0.25, 0.3) is 0 Å². The van der Waals surface area contributed by atoms with E-state index < -0.39 is 0 Å². The van der Waals surface area contributed by atoms with Crippen molar-refractivity contribution in [3.05, 3.63) is 70.4 Å². The Labute approximate surface area is 180 Å². The molecule has 0 aromatic carbocycles. The molecule has 0 atom stereocenters. The van der Waals surface area contributed by atoms with E-state index in [4.69, 9.17) is 4.74 Å². The fraction of sp³-hybridized carbons (Fsp3) is 0.458. The Morgan fingerprint density at radius 1 is 0.741 bits per heavy atom. The molecule has 0 spiro atoms. The van der Waals surface area contributed by atoms with Gasteiger partial charge in [0.2, 0.25) is 0 Å². The minimum atomic E-state index is -0.281. The number of hydrogen-bond acceptors (Lipinski definition) is 2. The second-order valence-corrected chi connectivity index (χ2v) is 7.28. The lowest BCUT2D eigenvalue weighted by atomic mass is 10.1. The SMILES string of the molecule is CCCCCCCCCC=CC=CC=CC=CC=CC=C(I)C(=O)OCC. The third-order valence-corrected chi connectivity index (χ3v) is 4.51. The summed E-state index contributed by atoms with van der Waals surface area (Å²) in [4.78, 5) is 11.4. The van der Waals surface area contributed by atoms with Crippen LogP contribution in [0.4, 0.5) is 0 Å². The molecule has 0 unspecified atom stereocenters. The molecule has 0 heterocycles. The maximum atomic E-state index is 11.4. The number of esters is 1. The Morgan fingerprint density at radius 3 is 1.85 bits per heavy atom. The van der Waals surface area contributed by atoms with Crippen molar-refractivity contribution in [2.24, 2.45) is 0 Å². The van der Waals surface area contributed by atoms with Crippen LogP contribution in [0, 0.1) is 0 Å². The fourth-order valence-electron chi connectivity index (χ4n) is 2.25. The summed E-state index contributed by atoms with van der Waals surface area (Å²) in [7, 11) is 0. The molecule has 0 aliphatic heterocycles. The summed E-state index contributed by atoms with van der Waals surface area (Å²) in [5.74, 6) is -0.281. The molecule has 0 radical (unpaired) electrons. The predicted octanol–water partition coefficient (Wildman–Crippen LogP) is 7.79. The van der Waals surface area contributed by atoms with Gasteiger partial charge in [-0.25, -0.2) is 4.79 Å². The maximum Gasteiger partial charge on any atom is 0.344 e. The molecule has 0 amide bonds. The van der Waals surface area contributed by atoms with E-state index in [0.29, 0.717) is 10.2 Å². The Kier molecular flexibility index (Phi) is 19.9. The lowest BCUT2D eigenvalue weighted by molar-refractivity contribution is -0.137. The lowest BCUT2D eigenvalue weighted by Gasteiger charge is -1.98. The van der Waals surface area contributed by atoms with Gasteiger partial charge in [0, 0.05) is 0 Å². The number of carbonyl (C=O) groups excluding carboxylic acids is 1. The standard InChI is InChI=1S/C24H35IO2/c1-3-5-6-7-8-9-10-11-12-13-14-15-16-17-18-19-20-21-22-23(25)24(26)27-4-2/h12-22H,3-11H2,1-2H3. The van der Waals surface area contributed by atoms with Crippen LogP contribution in [-0.2, 0) is 9.53 Å². The van der Waals surface area contributed by atoms with Crippen molar-refractivity contribution in [2.75, 3.05) is 6.61 Å². The van der Waals surface area contributed by atoms with Gasteiger partial charge in [-0.05, 0) is 48.4 Å². The summed E-state index contributed by atoms with van der Waals surface area (Å²) in [6.45, 7) is 4.46. The summed E-state index contributed by atoms with van der Waals surface area (Å²) >= 11 is 1.98. The molecule has 0 bridgehead atoms. The first-order chi connectivity index (χ1) is 13.2. The number of hydrogen-bond donors (Lipinski definition) is 0. The number of halogens is 1. The van der Waals surface area contributed by atoms with E-state index in [-0.39, 0.29) is 5.97 Å². The highest BCUT2D eigenvalue weighted by atomic mass is 127. The Morgan fingerprint density at radius 2 is 1.26 bits per heavy atom. The maximum absolute atomic E-state index is 11.4. The monoisotopic (exact) mass is 482 g/mol. The zero-order valence-corrected chi connectivity index (χ0v) is 19.1. The second kappa shape index (κ2) is 20.9. The van der Waals surface area contributed by atoms with Crippen LogP contribution in [0.1, 0.15) is 65.2 Å². The molecule has 0 rings (SSSR count). The summed E-state index contributed by atoms with van der Waals surface area (Å²) < 4.78 is 5.47. The number of rotatable bonds is 15. The van der Waals surface area contributed by atoms with Gasteiger partial charge in [-0.1, -0.05) is 106 Å². The molecule has 150 valence electrons. The normalized spacial score (nSPS) is 13.2. The zero-order chi connectivity index (χ0) is 20.0. The molecule has 0 aliphatic rings. The van der Waals surface area contributed by atoms with Crippen LogP contribution in [-0.4, -0.2) is 12.6 Å². The van der Waals surface area contributed by atoms with E-state index >= 15 is 0 Å². The molecule has 0 saturated heterocycles. The average Bonchev–Trinajstić information content (AvgIpc) is 2.67. The van der Waals surface area contributed by atoms with Gasteiger partial charge in [0.25, 0.3) is 0 Å². The number of ether oxygens (including phenoxy) is 1. The van der Waals surface area contributed by atoms with Crippen molar-refractivity contribution in [3.8, 4) is 0 Å². The van der Waals surface area contributed by atoms with Crippen molar-refractivity contribution in [1.82, 2.24) is 0 Å². The lowest BCUT2D eigenvalue weighted by Crippen LogP contribution is -2.02. The van der Waals surface area contributed by atoms with Gasteiger partial charge >= 0.3 is 5.97 Å². The molecule has 27 heavy (non-hydrogen) atoms. The number of carbonyl (C=O) groups is 1. The number of unbranched alkanes of at least 4 members (excludes halogenated alkanes) is 7. The molecule has 3 heteroatoms. The summed E-state index contributed by atoms with van der Waals surface area (Å²) in [5, 5.41) is 0. The first-order valence-electron chi connectivity index (χ1n) is 10.1. The van der Waals surface area contributed by atoms with Crippen molar-refractivity contribution in [1.29, 1.82) is 0 Å². The van der Waals surface area contributed by atoms with Crippen LogP contribution < -0.4 is 0 Å². The summed E-state index contributed by atoms with van der Waals surface area (Å²) in [6, 6.07) is 0. The first-order valence-corrected chi connectivity index (χ1v) is 11.2. The molecule has 0 aromatic heterocycles. The van der Waals surface area contributed by atoms with Gasteiger partial charge in [0.1, 0.15) is 0 Å². The van der Waals surface area contributed by atoms with Gasteiger partial charge in [-0.2, -0.15) is 0 Å². The molecule has 0 aromatic rings. The Balaban J connectivity index is 3.77. The van der Waals surface area contributed by atoms with Crippen LogP contribution in [0.15, 0.2) is 70.4 Å². The largest absolute Gasteiger partial charge is 0.462 e. The van der Waals surface area contributed by atoms with E-state index in [1.165, 1.54) is 51.4 Å². The first kappa shape index (κ1) is 25.6. The second-order valence-electron chi connectivity index (χ2n) is 6.11. The molecule has 2 nitrogen and oxygen atoms in total. The number of allylic oxidation sites excluding steroid dienone is 11. The molecule has 0 fully saturated rings. The van der Waals surface area contributed by atoms with Crippen molar-refractivity contribution < 1.29 is 9.53 Å². The van der Waals surface area contributed by atoms with Crippen molar-refractivity contribution in [2.45, 2.75) is 65.2 Å². The molecule has 0 saturated carbocycles. The predicted molar refractivity (Wildman–Crippen MR) is 127 cm³/mol. The van der Waals surface area contributed by atoms with Crippen LogP contribution in [0.3, 0.4) is 0 Å². The summed E-state index contributed by atoms with van der Waals surface area (Å²) in [6.07, 6.45) is 32.4.